The van der Waals surface area contributed by atoms with Gasteiger partial charge in [0.2, 0.25) is 0 Å². The van der Waals surface area contributed by atoms with Crippen LogP contribution >= 0.6 is 22.7 Å². The van der Waals surface area contributed by atoms with Crippen LogP contribution in [0.5, 0.6) is 5.75 Å². The Morgan fingerprint density at radius 1 is 1.24 bits per heavy atom. The van der Waals surface area contributed by atoms with Gasteiger partial charge in [0.25, 0.3) is 0 Å². The lowest BCUT2D eigenvalue weighted by atomic mass is 10.2. The van der Waals surface area contributed by atoms with E-state index in [2.05, 4.69) is 4.98 Å². The molecule has 1 atom stereocenters. The van der Waals surface area contributed by atoms with Crippen molar-refractivity contribution in [2.75, 3.05) is 7.11 Å². The zero-order valence-corrected chi connectivity index (χ0v) is 15.5. The molecule has 0 N–H and O–H groups in total. The first-order valence-corrected chi connectivity index (χ1v) is 9.25. The van der Waals surface area contributed by atoms with Crippen molar-refractivity contribution in [2.45, 2.75) is 20.0 Å². The topological polar surface area (TPSA) is 48.4 Å². The monoisotopic (exact) mass is 377 g/mol. The Morgan fingerprint density at radius 2 is 1.96 bits per heavy atom. The van der Waals surface area contributed by atoms with E-state index >= 15 is 0 Å². The second-order valence-corrected chi connectivity index (χ2v) is 7.29. The third-order valence-electron chi connectivity index (χ3n) is 3.61. The van der Waals surface area contributed by atoms with Crippen molar-refractivity contribution in [3.63, 3.8) is 0 Å². The number of thiazole rings is 1. The number of esters is 1. The number of carbonyl (C=O) groups excluding carboxylic acids is 1. The summed E-state index contributed by atoms with van der Waals surface area (Å²) in [6.07, 6.45) is -0.439. The predicted molar refractivity (Wildman–Crippen MR) is 96.9 cm³/mol. The van der Waals surface area contributed by atoms with Crippen molar-refractivity contribution in [2.24, 2.45) is 0 Å². The van der Waals surface area contributed by atoms with Crippen molar-refractivity contribution in [3.05, 3.63) is 57.0 Å². The Labute approximate surface area is 152 Å². The van der Waals surface area contributed by atoms with E-state index in [0.29, 0.717) is 10.6 Å². The van der Waals surface area contributed by atoms with Gasteiger partial charge in [-0.3, -0.25) is 0 Å². The second kappa shape index (κ2) is 7.33. The molecule has 0 saturated carbocycles. The van der Waals surface area contributed by atoms with E-state index in [4.69, 9.17) is 9.47 Å². The zero-order chi connectivity index (χ0) is 18.0. The summed E-state index contributed by atoms with van der Waals surface area (Å²) >= 11 is 2.72. The van der Waals surface area contributed by atoms with Crippen LogP contribution in [-0.2, 0) is 4.74 Å². The van der Waals surface area contributed by atoms with Gasteiger partial charge in [0.15, 0.2) is 4.88 Å². The van der Waals surface area contributed by atoms with Gasteiger partial charge >= 0.3 is 5.97 Å². The van der Waals surface area contributed by atoms with Gasteiger partial charge in [-0.15, -0.1) is 22.7 Å². The Morgan fingerprint density at radius 3 is 2.64 bits per heavy atom. The van der Waals surface area contributed by atoms with Crippen LogP contribution < -0.4 is 4.74 Å². The van der Waals surface area contributed by atoms with Crippen LogP contribution in [-0.4, -0.2) is 18.1 Å². The maximum Gasteiger partial charge on any atom is 0.352 e. The fraction of sp³-hybridized carbons (Fsp3) is 0.222. The SMILES string of the molecule is COc1ccsc1C(=O)O[C@@H](C)c1sc(-c2ccc(F)cc2)nc1C. The number of aromatic nitrogens is 1. The zero-order valence-electron chi connectivity index (χ0n) is 13.9. The first kappa shape index (κ1) is 17.6. The lowest BCUT2D eigenvalue weighted by Gasteiger charge is -2.12. The van der Waals surface area contributed by atoms with E-state index in [9.17, 15) is 9.18 Å². The van der Waals surface area contributed by atoms with Crippen LogP contribution in [0.15, 0.2) is 35.7 Å². The minimum absolute atomic E-state index is 0.288. The number of carbonyl (C=O) groups is 1. The predicted octanol–water partition coefficient (Wildman–Crippen LogP) is 5.25. The van der Waals surface area contributed by atoms with Crippen molar-refractivity contribution in [1.82, 2.24) is 4.98 Å². The molecule has 0 aliphatic rings. The smallest absolute Gasteiger partial charge is 0.352 e. The number of hydrogen-bond donors (Lipinski definition) is 0. The number of hydrogen-bond acceptors (Lipinski definition) is 6. The Bertz CT molecular complexity index is 886. The third-order valence-corrected chi connectivity index (χ3v) is 5.85. The molecule has 130 valence electrons. The van der Waals surface area contributed by atoms with Crippen molar-refractivity contribution < 1.29 is 18.7 Å². The van der Waals surface area contributed by atoms with Crippen LogP contribution in [0.3, 0.4) is 0 Å². The summed E-state index contributed by atoms with van der Waals surface area (Å²) in [5.74, 6) is -0.199. The van der Waals surface area contributed by atoms with Crippen LogP contribution in [0, 0.1) is 12.7 Å². The van der Waals surface area contributed by atoms with Gasteiger partial charge in [-0.05, 0) is 49.6 Å². The molecule has 4 nitrogen and oxygen atoms in total. The number of aryl methyl sites for hydroxylation is 1. The first-order valence-electron chi connectivity index (χ1n) is 7.55. The first-order chi connectivity index (χ1) is 12.0. The normalized spacial score (nSPS) is 12.0. The number of methoxy groups -OCH3 is 1. The molecule has 0 spiro atoms. The Kier molecular flexibility index (Phi) is 5.15. The number of nitrogens with zero attached hydrogens (tertiary/aromatic N) is 1. The number of rotatable bonds is 5. The van der Waals surface area contributed by atoms with Gasteiger partial charge in [-0.25, -0.2) is 14.2 Å². The lowest BCUT2D eigenvalue weighted by molar-refractivity contribution is 0.0346. The highest BCUT2D eigenvalue weighted by Gasteiger charge is 2.22. The average molecular weight is 377 g/mol. The second-order valence-electron chi connectivity index (χ2n) is 5.34. The number of halogens is 1. The number of benzene rings is 1. The highest BCUT2D eigenvalue weighted by atomic mass is 32.1. The summed E-state index contributed by atoms with van der Waals surface area (Å²) in [5, 5.41) is 2.55. The molecule has 25 heavy (non-hydrogen) atoms. The minimum atomic E-state index is -0.439. The van der Waals surface area contributed by atoms with E-state index < -0.39 is 12.1 Å². The molecule has 7 heteroatoms. The molecule has 2 aromatic heterocycles. The quantitative estimate of drug-likeness (QED) is 0.570. The van der Waals surface area contributed by atoms with Crippen LogP contribution in [0.1, 0.15) is 33.3 Å². The highest BCUT2D eigenvalue weighted by Crippen LogP contribution is 2.34. The molecule has 3 rings (SSSR count). The summed E-state index contributed by atoms with van der Waals surface area (Å²) in [6.45, 7) is 3.68. The van der Waals surface area contributed by atoms with Crippen LogP contribution in [0.4, 0.5) is 4.39 Å². The van der Waals surface area contributed by atoms with Crippen molar-refractivity contribution >= 4 is 28.6 Å². The van der Waals surface area contributed by atoms with E-state index in [1.807, 2.05) is 13.8 Å². The maximum atomic E-state index is 13.1. The number of thiophene rings is 1. The molecule has 3 aromatic rings. The van der Waals surface area contributed by atoms with Gasteiger partial charge in [-0.1, -0.05) is 0 Å². The molecule has 1 aromatic carbocycles. The summed E-state index contributed by atoms with van der Waals surface area (Å²) in [6, 6.07) is 7.90. The summed E-state index contributed by atoms with van der Waals surface area (Å²) in [7, 11) is 1.52. The van der Waals surface area contributed by atoms with Gasteiger partial charge in [-0.2, -0.15) is 0 Å². The van der Waals surface area contributed by atoms with Gasteiger partial charge in [0.1, 0.15) is 22.7 Å². The van der Waals surface area contributed by atoms with Crippen LogP contribution in [0.2, 0.25) is 0 Å². The van der Waals surface area contributed by atoms with Gasteiger partial charge < -0.3 is 9.47 Å². The maximum absolute atomic E-state index is 13.1. The van der Waals surface area contributed by atoms with Crippen LogP contribution in [0.25, 0.3) is 10.6 Å². The molecule has 0 aliphatic heterocycles. The molecule has 2 heterocycles. The lowest BCUT2D eigenvalue weighted by Crippen LogP contribution is -2.08. The standard InChI is InChI=1S/C18H16FNO3S2/c1-10-15(25-17(20-10)12-4-6-13(19)7-5-12)11(2)23-18(21)16-14(22-3)8-9-24-16/h4-9,11H,1-3H3/t11-/m0/s1. The van der Waals surface area contributed by atoms with Gasteiger partial charge in [0.05, 0.1) is 17.7 Å². The number of ether oxygens (including phenoxy) is 2. The molecule has 0 radical (unpaired) electrons. The molecule has 0 amide bonds. The van der Waals surface area contributed by atoms with Crippen molar-refractivity contribution in [1.29, 1.82) is 0 Å². The van der Waals surface area contributed by atoms with E-state index in [0.717, 1.165) is 21.1 Å². The summed E-state index contributed by atoms with van der Waals surface area (Å²) < 4.78 is 23.8. The van der Waals surface area contributed by atoms with E-state index in [1.54, 1.807) is 23.6 Å². The molecular weight excluding hydrogens is 361 g/mol. The van der Waals surface area contributed by atoms with E-state index in [1.165, 1.54) is 41.9 Å². The highest BCUT2D eigenvalue weighted by molar-refractivity contribution is 7.15. The summed E-state index contributed by atoms with van der Waals surface area (Å²) in [5.41, 5.74) is 1.63. The van der Waals surface area contributed by atoms with Crippen molar-refractivity contribution in [3.8, 4) is 16.3 Å². The Hall–Kier alpha value is -2.25. The Balaban J connectivity index is 1.79. The molecule has 0 bridgehead atoms. The fourth-order valence-corrected chi connectivity index (χ4v) is 4.17. The molecule has 0 fully saturated rings. The molecular formula is C18H16FNO3S2. The third kappa shape index (κ3) is 3.72. The largest absolute Gasteiger partial charge is 0.495 e. The fourth-order valence-electron chi connectivity index (χ4n) is 2.38. The van der Waals surface area contributed by atoms with E-state index in [-0.39, 0.29) is 5.82 Å². The molecule has 0 unspecified atom stereocenters. The summed E-state index contributed by atoms with van der Waals surface area (Å²) in [4.78, 5) is 18.2. The average Bonchev–Trinajstić information content (AvgIpc) is 3.21. The van der Waals surface area contributed by atoms with Gasteiger partial charge in [0, 0.05) is 5.56 Å². The minimum Gasteiger partial charge on any atom is -0.495 e. The molecule has 0 aliphatic carbocycles. The molecule has 0 saturated heterocycles.